The molecule has 41 heavy (non-hydrogen) atoms. The van der Waals surface area contributed by atoms with Gasteiger partial charge in [0.15, 0.2) is 0 Å². The number of benzene rings is 3. The van der Waals surface area contributed by atoms with Crippen molar-refractivity contribution in [1.29, 1.82) is 0 Å². The molecular formula is C35H34O6. The zero-order valence-electron chi connectivity index (χ0n) is 24.2. The Morgan fingerprint density at radius 3 is 1.66 bits per heavy atom. The monoisotopic (exact) mass is 550 g/mol. The quantitative estimate of drug-likeness (QED) is 0.164. The number of carbonyl (C=O) groups excluding carboxylic acids is 3. The summed E-state index contributed by atoms with van der Waals surface area (Å²) < 4.78 is 16.7. The van der Waals surface area contributed by atoms with Crippen molar-refractivity contribution in [3.8, 4) is 39.5 Å². The van der Waals surface area contributed by atoms with Crippen LogP contribution >= 0.6 is 0 Å². The minimum atomic E-state index is -0.580. The Hall–Kier alpha value is -4.71. The molecule has 4 rings (SSSR count). The van der Waals surface area contributed by atoms with Gasteiger partial charge in [0, 0.05) is 28.3 Å². The molecule has 1 aliphatic carbocycles. The maximum atomic E-state index is 12.5. The molecule has 0 fully saturated rings. The Balaban J connectivity index is 1.78. The van der Waals surface area contributed by atoms with Gasteiger partial charge in [-0.3, -0.25) is 0 Å². The molecule has 0 aliphatic heterocycles. The standard InChI is InChI=1S/C35H34O6/c1-19(2)33(36)39-24-12-13-28(32(18-24)41-35(38)21(5)6)30-17-22(7)29(16-23(30)8)26-14-15-31(40-34(37)20(3)4)27-11-9-10-25(26)27/h12-18H,1,3,5,9-11H2,2,4,6-8H3. The molecule has 6 heteroatoms. The van der Waals surface area contributed by atoms with Crippen LogP contribution in [0.15, 0.2) is 78.9 Å². The fraction of sp³-hybridized carbons (Fsp3) is 0.229. The van der Waals surface area contributed by atoms with Gasteiger partial charge in [-0.1, -0.05) is 37.9 Å². The van der Waals surface area contributed by atoms with E-state index in [0.717, 1.165) is 52.6 Å². The van der Waals surface area contributed by atoms with E-state index in [4.69, 9.17) is 14.2 Å². The van der Waals surface area contributed by atoms with E-state index in [9.17, 15) is 14.4 Å². The Labute approximate surface area is 241 Å². The molecule has 0 saturated carbocycles. The second kappa shape index (κ2) is 11.8. The van der Waals surface area contributed by atoms with Gasteiger partial charge >= 0.3 is 17.9 Å². The van der Waals surface area contributed by atoms with E-state index in [1.807, 2.05) is 26.0 Å². The number of ether oxygens (including phenoxy) is 3. The lowest BCUT2D eigenvalue weighted by molar-refractivity contribution is -0.131. The van der Waals surface area contributed by atoms with Crippen molar-refractivity contribution in [3.05, 3.63) is 101 Å². The fourth-order valence-electron chi connectivity index (χ4n) is 4.86. The summed E-state index contributed by atoms with van der Waals surface area (Å²) in [6, 6.07) is 13.0. The largest absolute Gasteiger partial charge is 0.423 e. The third kappa shape index (κ3) is 6.22. The van der Waals surface area contributed by atoms with Gasteiger partial charge in [0.25, 0.3) is 0 Å². The first-order chi connectivity index (χ1) is 19.4. The molecule has 0 aromatic heterocycles. The van der Waals surface area contributed by atoms with Crippen molar-refractivity contribution in [2.75, 3.05) is 0 Å². The van der Waals surface area contributed by atoms with Crippen molar-refractivity contribution < 1.29 is 28.6 Å². The van der Waals surface area contributed by atoms with Crippen LogP contribution in [0.1, 0.15) is 49.4 Å². The SMILES string of the molecule is C=C(C)C(=O)Oc1ccc(-c2cc(C)c(-c3ccc(OC(=O)C(=C)C)c4c3CCC4)cc2C)c(OC(=O)C(=C)C)c1. The topological polar surface area (TPSA) is 78.9 Å². The highest BCUT2D eigenvalue weighted by Crippen LogP contribution is 2.42. The van der Waals surface area contributed by atoms with Crippen LogP contribution in [0.2, 0.25) is 0 Å². The van der Waals surface area contributed by atoms with E-state index >= 15 is 0 Å². The van der Waals surface area contributed by atoms with E-state index in [2.05, 4.69) is 31.9 Å². The predicted molar refractivity (Wildman–Crippen MR) is 160 cm³/mol. The average molecular weight is 551 g/mol. The molecule has 0 saturated heterocycles. The molecule has 210 valence electrons. The summed E-state index contributed by atoms with van der Waals surface area (Å²) in [6.45, 7) is 19.8. The number of esters is 3. The van der Waals surface area contributed by atoms with Crippen molar-refractivity contribution in [1.82, 2.24) is 0 Å². The predicted octanol–water partition coefficient (Wildman–Crippen LogP) is 7.57. The van der Waals surface area contributed by atoms with Crippen LogP contribution in [0.25, 0.3) is 22.3 Å². The summed E-state index contributed by atoms with van der Waals surface area (Å²) in [5.74, 6) is -0.489. The highest BCUT2D eigenvalue weighted by atomic mass is 16.5. The van der Waals surface area contributed by atoms with E-state index in [1.165, 1.54) is 11.6 Å². The lowest BCUT2D eigenvalue weighted by Gasteiger charge is -2.19. The number of hydrogen-bond donors (Lipinski definition) is 0. The molecule has 0 unspecified atom stereocenters. The van der Waals surface area contributed by atoms with Crippen LogP contribution in [0.3, 0.4) is 0 Å². The van der Waals surface area contributed by atoms with Gasteiger partial charge in [-0.2, -0.15) is 0 Å². The van der Waals surface area contributed by atoms with E-state index in [0.29, 0.717) is 16.9 Å². The smallest absolute Gasteiger partial charge is 0.338 e. The zero-order valence-corrected chi connectivity index (χ0v) is 24.2. The normalized spacial score (nSPS) is 11.8. The second-order valence-corrected chi connectivity index (χ2v) is 10.6. The molecule has 0 bridgehead atoms. The molecule has 6 nitrogen and oxygen atoms in total. The summed E-state index contributed by atoms with van der Waals surface area (Å²) in [5, 5.41) is 0. The van der Waals surface area contributed by atoms with Gasteiger partial charge in [-0.15, -0.1) is 0 Å². The van der Waals surface area contributed by atoms with Crippen molar-refractivity contribution >= 4 is 17.9 Å². The number of hydrogen-bond acceptors (Lipinski definition) is 6. The summed E-state index contributed by atoms with van der Waals surface area (Å²) in [6.07, 6.45) is 2.73. The molecule has 0 amide bonds. The Morgan fingerprint density at radius 2 is 1.07 bits per heavy atom. The molecule has 0 radical (unpaired) electrons. The van der Waals surface area contributed by atoms with Gasteiger partial charge in [0.05, 0.1) is 0 Å². The van der Waals surface area contributed by atoms with E-state index < -0.39 is 17.9 Å². The molecular weight excluding hydrogens is 516 g/mol. The minimum absolute atomic E-state index is 0.236. The average Bonchev–Trinajstić information content (AvgIpc) is 3.41. The number of carbonyl (C=O) groups is 3. The maximum Gasteiger partial charge on any atom is 0.338 e. The highest BCUT2D eigenvalue weighted by Gasteiger charge is 2.24. The van der Waals surface area contributed by atoms with Crippen LogP contribution in [-0.4, -0.2) is 17.9 Å². The third-order valence-corrected chi connectivity index (χ3v) is 7.01. The Kier molecular flexibility index (Phi) is 8.43. The van der Waals surface area contributed by atoms with Crippen molar-refractivity contribution in [3.63, 3.8) is 0 Å². The van der Waals surface area contributed by atoms with Gasteiger partial charge in [-0.05, 0) is 111 Å². The summed E-state index contributed by atoms with van der Waals surface area (Å²) >= 11 is 0. The second-order valence-electron chi connectivity index (χ2n) is 10.6. The minimum Gasteiger partial charge on any atom is -0.423 e. The van der Waals surface area contributed by atoms with Crippen molar-refractivity contribution in [2.24, 2.45) is 0 Å². The first-order valence-electron chi connectivity index (χ1n) is 13.4. The van der Waals surface area contributed by atoms with Gasteiger partial charge in [-0.25, -0.2) is 14.4 Å². The van der Waals surface area contributed by atoms with Crippen LogP contribution in [-0.2, 0) is 27.2 Å². The molecule has 0 atom stereocenters. The lowest BCUT2D eigenvalue weighted by Crippen LogP contribution is -2.11. The zero-order chi connectivity index (χ0) is 30.0. The molecule has 0 spiro atoms. The summed E-state index contributed by atoms with van der Waals surface area (Å²) in [5.41, 5.74) is 8.84. The summed E-state index contributed by atoms with van der Waals surface area (Å²) in [7, 11) is 0. The molecule has 3 aromatic rings. The van der Waals surface area contributed by atoms with E-state index in [1.54, 1.807) is 32.9 Å². The Bertz CT molecular complexity index is 1640. The number of aryl methyl sites for hydroxylation is 2. The molecule has 0 heterocycles. The van der Waals surface area contributed by atoms with Gasteiger partial charge < -0.3 is 14.2 Å². The van der Waals surface area contributed by atoms with Crippen molar-refractivity contribution in [2.45, 2.75) is 53.9 Å². The third-order valence-electron chi connectivity index (χ3n) is 7.01. The maximum absolute atomic E-state index is 12.5. The van der Waals surface area contributed by atoms with Crippen LogP contribution in [0.4, 0.5) is 0 Å². The number of fused-ring (bicyclic) bond motifs is 1. The molecule has 3 aromatic carbocycles. The Morgan fingerprint density at radius 1 is 0.585 bits per heavy atom. The van der Waals surface area contributed by atoms with Crippen LogP contribution < -0.4 is 14.2 Å². The lowest BCUT2D eigenvalue weighted by atomic mass is 9.88. The molecule has 1 aliphatic rings. The van der Waals surface area contributed by atoms with E-state index in [-0.39, 0.29) is 22.6 Å². The molecule has 0 N–H and O–H groups in total. The van der Waals surface area contributed by atoms with Crippen LogP contribution in [0, 0.1) is 13.8 Å². The first-order valence-corrected chi connectivity index (χ1v) is 13.4. The number of rotatable bonds is 8. The summed E-state index contributed by atoms with van der Waals surface area (Å²) in [4.78, 5) is 36.8. The van der Waals surface area contributed by atoms with Gasteiger partial charge in [0.2, 0.25) is 0 Å². The fourth-order valence-corrected chi connectivity index (χ4v) is 4.86. The van der Waals surface area contributed by atoms with Gasteiger partial charge in [0.1, 0.15) is 17.2 Å². The first kappa shape index (κ1) is 29.3. The highest BCUT2D eigenvalue weighted by molar-refractivity contribution is 5.92. The van der Waals surface area contributed by atoms with Crippen LogP contribution in [0.5, 0.6) is 17.2 Å².